The molecule has 1 aromatic heterocycles. The van der Waals surface area contributed by atoms with Crippen LogP contribution in [0, 0.1) is 0 Å². The highest BCUT2D eigenvalue weighted by Gasteiger charge is 2.41. The Hall–Kier alpha value is -2.61. The van der Waals surface area contributed by atoms with Crippen LogP contribution in [0.25, 0.3) is 5.69 Å². The molecule has 0 saturated heterocycles. The number of imidazole rings is 1. The van der Waals surface area contributed by atoms with Crippen molar-refractivity contribution in [2.24, 2.45) is 0 Å². The molecule has 2 aromatic carbocycles. The molecule has 0 aliphatic rings. The number of amides is 1. The Morgan fingerprint density at radius 3 is 2.30 bits per heavy atom. The Kier molecular flexibility index (Phi) is 5.36. The van der Waals surface area contributed by atoms with Crippen molar-refractivity contribution >= 4 is 27.5 Å². The van der Waals surface area contributed by atoms with Crippen molar-refractivity contribution in [3.8, 4) is 5.69 Å². The van der Waals surface area contributed by atoms with E-state index in [2.05, 4.69) is 20.9 Å². The molecule has 3 aromatic rings. The second-order valence-electron chi connectivity index (χ2n) is 5.67. The first-order valence-corrected chi connectivity index (χ1v) is 8.89. The zero-order chi connectivity index (χ0) is 19.6. The van der Waals surface area contributed by atoms with Gasteiger partial charge in [0.1, 0.15) is 6.33 Å². The van der Waals surface area contributed by atoms with Crippen molar-refractivity contribution in [2.75, 3.05) is 11.4 Å². The molecule has 140 valence electrons. The molecule has 4 nitrogen and oxygen atoms in total. The molecule has 0 aliphatic carbocycles. The van der Waals surface area contributed by atoms with Gasteiger partial charge >= 0.3 is 6.18 Å². The topological polar surface area (TPSA) is 38.1 Å². The smallest absolute Gasteiger partial charge is 0.307 e. The van der Waals surface area contributed by atoms with Gasteiger partial charge in [-0.2, -0.15) is 13.2 Å². The minimum atomic E-state index is -4.75. The summed E-state index contributed by atoms with van der Waals surface area (Å²) in [5.41, 5.74) is -0.948. The summed E-state index contributed by atoms with van der Waals surface area (Å²) in [6.07, 6.45) is -3.72. The first-order chi connectivity index (χ1) is 12.8. The van der Waals surface area contributed by atoms with E-state index in [1.165, 1.54) is 17.0 Å². The molecule has 1 amide bonds. The van der Waals surface area contributed by atoms with Crippen molar-refractivity contribution in [1.82, 2.24) is 9.55 Å². The van der Waals surface area contributed by atoms with Crippen molar-refractivity contribution in [3.63, 3.8) is 0 Å². The number of aromatic nitrogens is 2. The molecule has 0 unspecified atom stereocenters. The van der Waals surface area contributed by atoms with Crippen LogP contribution in [0.4, 0.5) is 18.9 Å². The quantitative estimate of drug-likeness (QED) is 0.553. The number of rotatable bonds is 4. The van der Waals surface area contributed by atoms with Crippen LogP contribution in [-0.4, -0.2) is 22.0 Å². The van der Waals surface area contributed by atoms with Crippen LogP contribution in [0.15, 0.2) is 65.4 Å². The predicted octanol–water partition coefficient (Wildman–Crippen LogP) is 5.32. The Bertz CT molecular complexity index is 937. The number of hydrogen-bond donors (Lipinski definition) is 0. The van der Waals surface area contributed by atoms with E-state index < -0.39 is 23.5 Å². The number of halogens is 4. The van der Waals surface area contributed by atoms with E-state index in [1.54, 1.807) is 49.4 Å². The van der Waals surface area contributed by atoms with E-state index in [4.69, 9.17) is 0 Å². The van der Waals surface area contributed by atoms with Crippen molar-refractivity contribution in [1.29, 1.82) is 0 Å². The molecule has 0 fully saturated rings. The third kappa shape index (κ3) is 3.90. The minimum absolute atomic E-state index is 0.214. The summed E-state index contributed by atoms with van der Waals surface area (Å²) in [5, 5.41) is 0. The summed E-state index contributed by atoms with van der Waals surface area (Å²) >= 11 is 3.25. The summed E-state index contributed by atoms with van der Waals surface area (Å²) in [5.74, 6) is -0.799. The lowest BCUT2D eigenvalue weighted by atomic mass is 10.2. The molecule has 0 atom stereocenters. The monoisotopic (exact) mass is 437 g/mol. The normalized spacial score (nSPS) is 11.4. The predicted molar refractivity (Wildman–Crippen MR) is 100 cm³/mol. The zero-order valence-electron chi connectivity index (χ0n) is 14.2. The Labute approximate surface area is 162 Å². The van der Waals surface area contributed by atoms with Gasteiger partial charge in [0.2, 0.25) is 0 Å². The Morgan fingerprint density at radius 2 is 1.74 bits per heavy atom. The summed E-state index contributed by atoms with van der Waals surface area (Å²) in [7, 11) is 0. The fourth-order valence-corrected chi connectivity index (χ4v) is 3.02. The summed E-state index contributed by atoms with van der Waals surface area (Å²) in [6.45, 7) is 1.91. The molecular formula is C19H15BrF3N3O. The molecule has 27 heavy (non-hydrogen) atoms. The van der Waals surface area contributed by atoms with Gasteiger partial charge in [-0.3, -0.25) is 9.36 Å². The van der Waals surface area contributed by atoms with E-state index >= 15 is 0 Å². The lowest BCUT2D eigenvalue weighted by Gasteiger charge is -2.21. The first-order valence-electron chi connectivity index (χ1n) is 8.10. The molecular weight excluding hydrogens is 423 g/mol. The number of carbonyl (C=O) groups is 1. The van der Waals surface area contributed by atoms with Crippen LogP contribution in [0.1, 0.15) is 23.1 Å². The lowest BCUT2D eigenvalue weighted by Crippen LogP contribution is -2.33. The molecule has 0 spiro atoms. The molecule has 1 heterocycles. The maximum atomic E-state index is 13.8. The minimum Gasteiger partial charge on any atom is -0.307 e. The van der Waals surface area contributed by atoms with E-state index in [0.29, 0.717) is 5.69 Å². The van der Waals surface area contributed by atoms with E-state index in [9.17, 15) is 18.0 Å². The summed E-state index contributed by atoms with van der Waals surface area (Å²) in [6, 6.07) is 14.8. The second kappa shape index (κ2) is 7.56. The Balaban J connectivity index is 2.10. The number of hydrogen-bond acceptors (Lipinski definition) is 2. The van der Waals surface area contributed by atoms with Gasteiger partial charge in [0.25, 0.3) is 5.91 Å². The van der Waals surface area contributed by atoms with Gasteiger partial charge in [-0.25, -0.2) is 4.98 Å². The van der Waals surface area contributed by atoms with E-state index in [0.717, 1.165) is 15.4 Å². The largest absolute Gasteiger partial charge is 0.434 e. The van der Waals surface area contributed by atoms with Gasteiger partial charge < -0.3 is 4.90 Å². The van der Waals surface area contributed by atoms with Crippen LogP contribution >= 0.6 is 15.9 Å². The van der Waals surface area contributed by atoms with E-state index in [-0.39, 0.29) is 12.2 Å². The van der Waals surface area contributed by atoms with Gasteiger partial charge in [0.05, 0.1) is 0 Å². The van der Waals surface area contributed by atoms with Crippen molar-refractivity contribution < 1.29 is 18.0 Å². The highest BCUT2D eigenvalue weighted by molar-refractivity contribution is 9.10. The average Bonchev–Trinajstić information content (AvgIpc) is 3.09. The Morgan fingerprint density at radius 1 is 1.11 bits per heavy atom. The average molecular weight is 438 g/mol. The maximum absolute atomic E-state index is 13.8. The van der Waals surface area contributed by atoms with Crippen molar-refractivity contribution in [3.05, 3.63) is 76.8 Å². The van der Waals surface area contributed by atoms with Crippen molar-refractivity contribution in [2.45, 2.75) is 13.1 Å². The lowest BCUT2D eigenvalue weighted by molar-refractivity contribution is -0.142. The third-order valence-electron chi connectivity index (χ3n) is 3.97. The molecule has 0 radical (unpaired) electrons. The first kappa shape index (κ1) is 19.2. The number of para-hydroxylation sites is 1. The molecule has 8 heteroatoms. The van der Waals surface area contributed by atoms with Gasteiger partial charge in [-0.15, -0.1) is 0 Å². The maximum Gasteiger partial charge on any atom is 0.434 e. The molecule has 0 N–H and O–H groups in total. The second-order valence-corrected chi connectivity index (χ2v) is 6.59. The fraction of sp³-hybridized carbons (Fsp3) is 0.158. The van der Waals surface area contributed by atoms with Crippen LogP contribution < -0.4 is 4.90 Å². The molecule has 0 aliphatic heterocycles. The van der Waals surface area contributed by atoms with E-state index in [1.807, 2.05) is 0 Å². The summed E-state index contributed by atoms with van der Waals surface area (Å²) < 4.78 is 43.0. The standard InChI is InChI=1S/C19H15BrF3N3O/c1-2-25(14-6-4-3-5-7-14)18(27)16-17(19(21,22)23)26(12-24-16)15-10-8-13(20)9-11-15/h3-12H,2H2,1H3. The van der Waals surface area contributed by atoms with Gasteiger partial charge in [0.15, 0.2) is 11.4 Å². The van der Waals surface area contributed by atoms with Gasteiger partial charge in [-0.05, 0) is 43.3 Å². The highest BCUT2D eigenvalue weighted by Crippen LogP contribution is 2.34. The number of anilines is 1. The van der Waals surface area contributed by atoms with Gasteiger partial charge in [-0.1, -0.05) is 34.1 Å². The summed E-state index contributed by atoms with van der Waals surface area (Å²) in [4.78, 5) is 18.0. The van der Waals surface area contributed by atoms with Crippen LogP contribution in [0.5, 0.6) is 0 Å². The SMILES string of the molecule is CCN(C(=O)c1ncn(-c2ccc(Br)cc2)c1C(F)(F)F)c1ccccc1. The number of carbonyl (C=O) groups excluding carboxylic acids is 1. The van der Waals surface area contributed by atoms with Crippen LogP contribution in [0.2, 0.25) is 0 Å². The zero-order valence-corrected chi connectivity index (χ0v) is 15.8. The van der Waals surface area contributed by atoms with Crippen LogP contribution in [-0.2, 0) is 6.18 Å². The molecule has 0 bridgehead atoms. The van der Waals surface area contributed by atoms with Crippen LogP contribution in [0.3, 0.4) is 0 Å². The number of alkyl halides is 3. The van der Waals surface area contributed by atoms with Gasteiger partial charge in [0, 0.05) is 22.4 Å². The highest BCUT2D eigenvalue weighted by atomic mass is 79.9. The molecule has 3 rings (SSSR count). The number of benzene rings is 2. The third-order valence-corrected chi connectivity index (χ3v) is 4.50. The molecule has 0 saturated carbocycles. The fourth-order valence-electron chi connectivity index (χ4n) is 2.75. The number of nitrogens with zero attached hydrogens (tertiary/aromatic N) is 3.